The molecule has 4 aliphatic rings. The fraction of sp³-hybridized carbons (Fsp3) is 0.650. The van der Waals surface area contributed by atoms with E-state index in [1.807, 2.05) is 0 Å². The number of hydrogen-bond donors (Lipinski definition) is 3. The number of fused-ring (bicyclic) bond motifs is 3. The van der Waals surface area contributed by atoms with Gasteiger partial charge in [0.15, 0.2) is 0 Å². The molecule has 1 aromatic rings. The minimum atomic E-state index is -0.982. The van der Waals surface area contributed by atoms with Gasteiger partial charge in [0.25, 0.3) is 5.91 Å². The molecule has 5 rings (SSSR count). The molecule has 2 aliphatic heterocycles. The Hall–Kier alpha value is -1.93. The molecule has 2 aliphatic carbocycles. The zero-order chi connectivity index (χ0) is 19.4. The van der Waals surface area contributed by atoms with Crippen molar-refractivity contribution < 1.29 is 24.2 Å². The first-order valence-electron chi connectivity index (χ1n) is 10.2. The van der Waals surface area contributed by atoms with Gasteiger partial charge in [0.05, 0.1) is 29.6 Å². The molecule has 0 unspecified atom stereocenters. The molecule has 0 radical (unpaired) electrons. The topological polar surface area (TPSA) is 105 Å². The van der Waals surface area contributed by atoms with E-state index < -0.39 is 17.8 Å². The molecule has 28 heavy (non-hydrogen) atoms. The summed E-state index contributed by atoms with van der Waals surface area (Å²) in [6.45, 7) is 0. The summed E-state index contributed by atoms with van der Waals surface area (Å²) in [5.41, 5.74) is 1.65. The Morgan fingerprint density at radius 1 is 1.00 bits per heavy atom. The lowest BCUT2D eigenvalue weighted by Gasteiger charge is -2.23. The summed E-state index contributed by atoms with van der Waals surface area (Å²) < 4.78 is 5.72. The molecule has 150 valence electrons. The third-order valence-corrected chi connectivity index (χ3v) is 7.62. The Morgan fingerprint density at radius 3 is 2.43 bits per heavy atom. The smallest absolute Gasteiger partial charge is 0.310 e. The summed E-state index contributed by atoms with van der Waals surface area (Å²) in [5, 5.41) is 16.1. The van der Waals surface area contributed by atoms with Gasteiger partial charge in [-0.2, -0.15) is 0 Å². The molecule has 3 heterocycles. The number of ether oxygens (including phenoxy) is 1. The third-order valence-electron chi connectivity index (χ3n) is 6.41. The molecule has 3 fully saturated rings. The number of carboxylic acids is 1. The Bertz CT molecular complexity index is 846. The first-order valence-corrected chi connectivity index (χ1v) is 11.0. The second-order valence-corrected chi connectivity index (χ2v) is 9.44. The molecule has 0 aromatic carbocycles. The summed E-state index contributed by atoms with van der Waals surface area (Å²) >= 11 is 1.47. The molecule has 8 heteroatoms. The number of aliphatic carboxylic acids is 1. The van der Waals surface area contributed by atoms with E-state index in [1.165, 1.54) is 16.2 Å². The molecule has 4 atom stereocenters. The lowest BCUT2D eigenvalue weighted by molar-refractivity contribution is -0.147. The third kappa shape index (κ3) is 3.03. The van der Waals surface area contributed by atoms with E-state index in [9.17, 15) is 19.5 Å². The Labute approximate surface area is 166 Å². The van der Waals surface area contributed by atoms with Crippen LogP contribution in [0.2, 0.25) is 0 Å². The van der Waals surface area contributed by atoms with Crippen LogP contribution in [0.25, 0.3) is 0 Å². The van der Waals surface area contributed by atoms with Crippen molar-refractivity contribution in [3.63, 3.8) is 0 Å². The van der Waals surface area contributed by atoms with E-state index >= 15 is 0 Å². The maximum atomic E-state index is 13.1. The number of aryl methyl sites for hydroxylation is 1. The summed E-state index contributed by atoms with van der Waals surface area (Å²) in [7, 11) is 0. The highest BCUT2D eigenvalue weighted by molar-refractivity contribution is 7.17. The molecule has 3 N–H and O–H groups in total. The lowest BCUT2D eigenvalue weighted by Crippen LogP contribution is -2.41. The van der Waals surface area contributed by atoms with Crippen molar-refractivity contribution in [2.75, 3.05) is 5.32 Å². The maximum Gasteiger partial charge on any atom is 0.310 e. The number of carbonyl (C=O) groups is 3. The van der Waals surface area contributed by atoms with Gasteiger partial charge in [-0.1, -0.05) is 0 Å². The molecule has 2 bridgehead atoms. The van der Waals surface area contributed by atoms with Crippen molar-refractivity contribution in [2.45, 2.75) is 69.6 Å². The van der Waals surface area contributed by atoms with Crippen LogP contribution in [0.3, 0.4) is 0 Å². The van der Waals surface area contributed by atoms with E-state index in [0.717, 1.165) is 44.1 Å². The SMILES string of the molecule is O=C(NC1CC1)c1c(NC(=O)[C@H]2[C@H](C(=O)O)[C@H]3CC[C@H]2O3)sc2c1CCCC2. The summed E-state index contributed by atoms with van der Waals surface area (Å²) in [4.78, 5) is 38.8. The number of carbonyl (C=O) groups excluding carboxylic acids is 2. The number of carboxylic acid groups (broad SMARTS) is 1. The molecule has 1 saturated carbocycles. The minimum Gasteiger partial charge on any atom is -0.481 e. The Morgan fingerprint density at radius 2 is 1.71 bits per heavy atom. The summed E-state index contributed by atoms with van der Waals surface area (Å²) in [5.74, 6) is -2.94. The quantitative estimate of drug-likeness (QED) is 0.699. The van der Waals surface area contributed by atoms with Crippen molar-refractivity contribution >= 4 is 34.1 Å². The van der Waals surface area contributed by atoms with E-state index in [-0.39, 0.29) is 30.1 Å². The maximum absolute atomic E-state index is 13.1. The second kappa shape index (κ2) is 6.84. The normalized spacial score (nSPS) is 30.7. The van der Waals surface area contributed by atoms with Crippen LogP contribution < -0.4 is 10.6 Å². The van der Waals surface area contributed by atoms with Crippen molar-refractivity contribution in [2.24, 2.45) is 11.8 Å². The molecular weight excluding hydrogens is 380 g/mol. The zero-order valence-electron chi connectivity index (χ0n) is 15.5. The van der Waals surface area contributed by atoms with Crippen LogP contribution in [-0.2, 0) is 27.2 Å². The van der Waals surface area contributed by atoms with Crippen LogP contribution in [0.1, 0.15) is 59.3 Å². The highest BCUT2D eigenvalue weighted by Crippen LogP contribution is 2.45. The van der Waals surface area contributed by atoms with Gasteiger partial charge in [-0.3, -0.25) is 14.4 Å². The van der Waals surface area contributed by atoms with Gasteiger partial charge in [-0.15, -0.1) is 11.3 Å². The molecule has 2 amide bonds. The standard InChI is InChI=1S/C20H24N2O5S/c23-17(21-9-5-6-9)14-10-3-1-2-4-13(10)28-19(14)22-18(24)15-11-7-8-12(27-11)16(15)20(25)26/h9,11-12,15-16H,1-8H2,(H,21,23)(H,22,24)(H,25,26)/t11-,12-,15-,16-/m1/s1. The first kappa shape index (κ1) is 18.1. The van der Waals surface area contributed by atoms with Crippen molar-refractivity contribution in [3.05, 3.63) is 16.0 Å². The van der Waals surface area contributed by atoms with E-state index in [0.29, 0.717) is 23.4 Å². The number of rotatable bonds is 5. The molecular formula is C20H24N2O5S. The highest BCUT2D eigenvalue weighted by Gasteiger charge is 2.55. The van der Waals surface area contributed by atoms with Crippen molar-refractivity contribution in [3.8, 4) is 0 Å². The monoisotopic (exact) mass is 404 g/mol. The van der Waals surface area contributed by atoms with Crippen molar-refractivity contribution in [1.29, 1.82) is 0 Å². The second-order valence-electron chi connectivity index (χ2n) is 8.33. The van der Waals surface area contributed by atoms with Gasteiger partial charge in [-0.25, -0.2) is 0 Å². The fourth-order valence-corrected chi connectivity index (χ4v) is 6.19. The van der Waals surface area contributed by atoms with E-state index in [1.54, 1.807) is 0 Å². The predicted octanol–water partition coefficient (Wildman–Crippen LogP) is 2.34. The Kier molecular flexibility index (Phi) is 4.43. The number of nitrogens with one attached hydrogen (secondary N) is 2. The molecule has 7 nitrogen and oxygen atoms in total. The largest absolute Gasteiger partial charge is 0.481 e. The fourth-order valence-electron chi connectivity index (χ4n) is 4.90. The van der Waals surface area contributed by atoms with Crippen LogP contribution in [0, 0.1) is 11.8 Å². The summed E-state index contributed by atoms with van der Waals surface area (Å²) in [6.07, 6.45) is 6.59. The number of amides is 2. The average Bonchev–Trinajstić information content (AvgIpc) is 3.10. The van der Waals surface area contributed by atoms with Crippen LogP contribution in [0.4, 0.5) is 5.00 Å². The van der Waals surface area contributed by atoms with Gasteiger partial charge in [-0.05, 0) is 56.9 Å². The molecule has 1 aromatic heterocycles. The average molecular weight is 404 g/mol. The number of thiophene rings is 1. The van der Waals surface area contributed by atoms with E-state index in [2.05, 4.69) is 10.6 Å². The van der Waals surface area contributed by atoms with Gasteiger partial charge in [0, 0.05) is 10.9 Å². The van der Waals surface area contributed by atoms with Crippen molar-refractivity contribution in [1.82, 2.24) is 5.32 Å². The lowest BCUT2D eigenvalue weighted by atomic mass is 9.78. The number of anilines is 1. The Balaban J connectivity index is 1.43. The van der Waals surface area contributed by atoms with Crippen LogP contribution in [0.5, 0.6) is 0 Å². The van der Waals surface area contributed by atoms with Gasteiger partial charge in [0.2, 0.25) is 5.91 Å². The molecule has 0 spiro atoms. The van der Waals surface area contributed by atoms with Gasteiger partial charge >= 0.3 is 5.97 Å². The van der Waals surface area contributed by atoms with Crippen LogP contribution in [-0.4, -0.2) is 41.1 Å². The highest BCUT2D eigenvalue weighted by atomic mass is 32.1. The molecule has 2 saturated heterocycles. The van der Waals surface area contributed by atoms with E-state index in [4.69, 9.17) is 4.74 Å². The van der Waals surface area contributed by atoms with Gasteiger partial charge in [0.1, 0.15) is 5.00 Å². The minimum absolute atomic E-state index is 0.115. The zero-order valence-corrected chi connectivity index (χ0v) is 16.3. The number of hydrogen-bond acceptors (Lipinski definition) is 5. The first-order chi connectivity index (χ1) is 13.5. The van der Waals surface area contributed by atoms with Gasteiger partial charge < -0.3 is 20.5 Å². The van der Waals surface area contributed by atoms with Crippen LogP contribution in [0.15, 0.2) is 0 Å². The predicted molar refractivity (Wildman–Crippen MR) is 103 cm³/mol. The van der Waals surface area contributed by atoms with Crippen LogP contribution >= 0.6 is 11.3 Å². The summed E-state index contributed by atoms with van der Waals surface area (Å²) in [6, 6.07) is 0.241.